The van der Waals surface area contributed by atoms with Crippen molar-refractivity contribution in [2.24, 2.45) is 0 Å². The first-order valence-electron chi connectivity index (χ1n) is 6.58. The molecule has 0 aliphatic rings. The molecule has 8 heteroatoms. The van der Waals surface area contributed by atoms with E-state index in [0.717, 1.165) is 18.7 Å². The molecule has 2 heterocycles. The Hall–Kier alpha value is -2.64. The van der Waals surface area contributed by atoms with E-state index in [2.05, 4.69) is 15.5 Å². The van der Waals surface area contributed by atoms with Gasteiger partial charge < -0.3 is 10.4 Å². The summed E-state index contributed by atoms with van der Waals surface area (Å²) in [5, 5.41) is 19.4. The van der Waals surface area contributed by atoms with E-state index in [0.29, 0.717) is 6.54 Å². The number of hydrogen-bond acceptors (Lipinski definition) is 4. The Bertz CT molecular complexity index is 631. The fraction of sp³-hybridized carbons (Fsp3) is 0.385. The summed E-state index contributed by atoms with van der Waals surface area (Å²) in [7, 11) is 0. The second kappa shape index (κ2) is 6.69. The normalized spacial score (nSPS) is 10.5. The lowest BCUT2D eigenvalue weighted by atomic mass is 10.4. The Morgan fingerprint density at radius 1 is 1.38 bits per heavy atom. The number of carbonyl (C=O) groups excluding carboxylic acids is 1. The lowest BCUT2D eigenvalue weighted by molar-refractivity contribution is -0.121. The summed E-state index contributed by atoms with van der Waals surface area (Å²) in [4.78, 5) is 22.3. The molecule has 0 spiro atoms. The van der Waals surface area contributed by atoms with Crippen molar-refractivity contribution in [3.63, 3.8) is 0 Å². The number of aromatic carboxylic acids is 1. The minimum atomic E-state index is -1.11. The van der Waals surface area contributed by atoms with Crippen molar-refractivity contribution < 1.29 is 14.7 Å². The highest BCUT2D eigenvalue weighted by Gasteiger charge is 2.08. The molecular formula is C13H17N5O3. The van der Waals surface area contributed by atoms with Gasteiger partial charge in [0.1, 0.15) is 6.54 Å². The summed E-state index contributed by atoms with van der Waals surface area (Å²) in [6, 6.07) is 3.28. The van der Waals surface area contributed by atoms with Gasteiger partial charge in [-0.15, -0.1) is 0 Å². The second-order valence-electron chi connectivity index (χ2n) is 4.60. The quantitative estimate of drug-likeness (QED) is 0.714. The van der Waals surface area contributed by atoms with E-state index in [9.17, 15) is 9.59 Å². The molecule has 2 aromatic rings. The van der Waals surface area contributed by atoms with E-state index < -0.39 is 5.97 Å². The first-order valence-corrected chi connectivity index (χ1v) is 6.58. The molecule has 0 aliphatic heterocycles. The number of rotatable bonds is 7. The van der Waals surface area contributed by atoms with Gasteiger partial charge in [0.05, 0.1) is 0 Å². The van der Waals surface area contributed by atoms with Crippen LogP contribution >= 0.6 is 0 Å². The van der Waals surface area contributed by atoms with Crippen LogP contribution in [0.4, 0.5) is 0 Å². The Balaban J connectivity index is 1.70. The standard InChI is InChI=1S/C13H17N5O3/c1-10-3-6-15-18(10)7-2-5-14-12(19)9-17-8-4-11(16-17)13(20)21/h3-4,6,8H,2,5,7,9H2,1H3,(H,14,19)(H,20,21). The first-order chi connectivity index (χ1) is 10.1. The molecule has 2 rings (SSSR count). The molecule has 21 heavy (non-hydrogen) atoms. The first kappa shape index (κ1) is 14.8. The number of carbonyl (C=O) groups is 2. The molecular weight excluding hydrogens is 274 g/mol. The lowest BCUT2D eigenvalue weighted by Gasteiger charge is -2.06. The highest BCUT2D eigenvalue weighted by Crippen LogP contribution is 1.97. The summed E-state index contributed by atoms with van der Waals surface area (Å²) < 4.78 is 3.18. The van der Waals surface area contributed by atoms with Crippen molar-refractivity contribution in [2.45, 2.75) is 26.4 Å². The minimum absolute atomic E-state index is 0.00801. The van der Waals surface area contributed by atoms with Crippen LogP contribution in [0.15, 0.2) is 24.5 Å². The maximum atomic E-state index is 11.7. The highest BCUT2D eigenvalue weighted by atomic mass is 16.4. The summed E-state index contributed by atoms with van der Waals surface area (Å²) in [5.41, 5.74) is 1.01. The van der Waals surface area contributed by atoms with E-state index in [1.54, 1.807) is 6.20 Å². The van der Waals surface area contributed by atoms with Gasteiger partial charge in [-0.25, -0.2) is 4.79 Å². The van der Waals surface area contributed by atoms with E-state index in [-0.39, 0.29) is 18.1 Å². The zero-order chi connectivity index (χ0) is 15.2. The maximum Gasteiger partial charge on any atom is 0.356 e. The Labute approximate surface area is 121 Å². The van der Waals surface area contributed by atoms with Gasteiger partial charge in [-0.1, -0.05) is 0 Å². The summed E-state index contributed by atoms with van der Waals surface area (Å²) >= 11 is 0. The van der Waals surface area contributed by atoms with Gasteiger partial charge in [-0.05, 0) is 25.5 Å². The number of aromatic nitrogens is 4. The van der Waals surface area contributed by atoms with E-state index in [4.69, 9.17) is 5.11 Å². The number of carboxylic acids is 1. The predicted octanol–water partition coefficient (Wildman–Crippen LogP) is 0.293. The fourth-order valence-electron chi connectivity index (χ4n) is 1.86. The van der Waals surface area contributed by atoms with Gasteiger partial charge >= 0.3 is 5.97 Å². The third kappa shape index (κ3) is 4.16. The van der Waals surface area contributed by atoms with Gasteiger partial charge in [-0.2, -0.15) is 10.2 Å². The van der Waals surface area contributed by atoms with Gasteiger partial charge in [0.25, 0.3) is 0 Å². The zero-order valence-corrected chi connectivity index (χ0v) is 11.7. The van der Waals surface area contributed by atoms with Crippen molar-refractivity contribution in [2.75, 3.05) is 6.54 Å². The average molecular weight is 291 g/mol. The number of nitrogens with one attached hydrogen (secondary N) is 1. The molecule has 0 saturated heterocycles. The SMILES string of the molecule is Cc1ccnn1CCCNC(=O)Cn1ccc(C(=O)O)n1. The molecule has 0 bridgehead atoms. The highest BCUT2D eigenvalue weighted by molar-refractivity contribution is 5.85. The van der Waals surface area contributed by atoms with Crippen molar-refractivity contribution >= 4 is 11.9 Å². The maximum absolute atomic E-state index is 11.7. The van der Waals surface area contributed by atoms with Crippen LogP contribution in [0.25, 0.3) is 0 Å². The van der Waals surface area contributed by atoms with Gasteiger partial charge in [0.2, 0.25) is 5.91 Å². The number of hydrogen-bond donors (Lipinski definition) is 2. The molecule has 0 fully saturated rings. The van der Waals surface area contributed by atoms with Crippen molar-refractivity contribution in [3.05, 3.63) is 35.9 Å². The average Bonchev–Trinajstić information content (AvgIpc) is 3.04. The van der Waals surface area contributed by atoms with Crippen LogP contribution in [0.1, 0.15) is 22.6 Å². The number of carboxylic acid groups (broad SMARTS) is 1. The smallest absolute Gasteiger partial charge is 0.356 e. The van der Waals surface area contributed by atoms with Crippen LogP contribution in [0.3, 0.4) is 0 Å². The summed E-state index contributed by atoms with van der Waals surface area (Å²) in [6.45, 7) is 3.26. The van der Waals surface area contributed by atoms with Crippen LogP contribution in [-0.2, 0) is 17.9 Å². The molecule has 8 nitrogen and oxygen atoms in total. The summed E-state index contributed by atoms with van der Waals surface area (Å²) in [5.74, 6) is -1.31. The van der Waals surface area contributed by atoms with Crippen LogP contribution < -0.4 is 5.32 Å². The largest absolute Gasteiger partial charge is 0.476 e. The molecule has 2 aromatic heterocycles. The molecule has 112 valence electrons. The predicted molar refractivity (Wildman–Crippen MR) is 73.8 cm³/mol. The van der Waals surface area contributed by atoms with E-state index >= 15 is 0 Å². The molecule has 1 amide bonds. The van der Waals surface area contributed by atoms with Crippen LogP contribution in [0.5, 0.6) is 0 Å². The molecule has 0 atom stereocenters. The fourth-order valence-corrected chi connectivity index (χ4v) is 1.86. The number of nitrogens with zero attached hydrogens (tertiary/aromatic N) is 4. The molecule has 0 aliphatic carbocycles. The Morgan fingerprint density at radius 2 is 2.19 bits per heavy atom. The lowest BCUT2D eigenvalue weighted by Crippen LogP contribution is -2.29. The third-order valence-corrected chi connectivity index (χ3v) is 2.96. The van der Waals surface area contributed by atoms with Gasteiger partial charge in [0.15, 0.2) is 5.69 Å². The van der Waals surface area contributed by atoms with Crippen molar-refractivity contribution in [1.29, 1.82) is 0 Å². The van der Waals surface area contributed by atoms with Crippen molar-refractivity contribution in [3.8, 4) is 0 Å². The molecule has 0 aromatic carbocycles. The Morgan fingerprint density at radius 3 is 2.81 bits per heavy atom. The van der Waals surface area contributed by atoms with Crippen LogP contribution in [-0.4, -0.2) is 43.1 Å². The number of aryl methyl sites for hydroxylation is 2. The van der Waals surface area contributed by atoms with Crippen molar-refractivity contribution in [1.82, 2.24) is 24.9 Å². The molecule has 2 N–H and O–H groups in total. The van der Waals surface area contributed by atoms with Crippen LogP contribution in [0, 0.1) is 6.92 Å². The Kier molecular flexibility index (Phi) is 4.70. The zero-order valence-electron chi connectivity index (χ0n) is 11.7. The minimum Gasteiger partial charge on any atom is -0.476 e. The second-order valence-corrected chi connectivity index (χ2v) is 4.60. The van der Waals surface area contributed by atoms with Gasteiger partial charge in [-0.3, -0.25) is 14.2 Å². The molecule has 0 unspecified atom stereocenters. The van der Waals surface area contributed by atoms with Crippen LogP contribution in [0.2, 0.25) is 0 Å². The third-order valence-electron chi connectivity index (χ3n) is 2.96. The van der Waals surface area contributed by atoms with E-state index in [1.807, 2.05) is 17.7 Å². The molecule has 0 radical (unpaired) electrons. The number of amides is 1. The van der Waals surface area contributed by atoms with E-state index in [1.165, 1.54) is 16.9 Å². The van der Waals surface area contributed by atoms with Gasteiger partial charge in [0, 0.05) is 31.2 Å². The topological polar surface area (TPSA) is 102 Å². The monoisotopic (exact) mass is 291 g/mol. The summed E-state index contributed by atoms with van der Waals surface area (Å²) in [6.07, 6.45) is 3.98. The molecule has 0 saturated carbocycles.